The average Bonchev–Trinajstić information content (AvgIpc) is 2.70. The topological polar surface area (TPSA) is 52.7 Å². The van der Waals surface area contributed by atoms with Gasteiger partial charge in [-0.15, -0.1) is 0 Å². The van der Waals surface area contributed by atoms with Crippen molar-refractivity contribution in [3.05, 3.63) is 72.8 Å². The molecular weight excluding hydrogens is 338 g/mol. The van der Waals surface area contributed by atoms with E-state index < -0.39 is 6.04 Å². The first-order chi connectivity index (χ1) is 13.1. The van der Waals surface area contributed by atoms with E-state index in [1.165, 1.54) is 0 Å². The van der Waals surface area contributed by atoms with Crippen LogP contribution in [-0.4, -0.2) is 36.0 Å². The molecule has 0 unspecified atom stereocenters. The summed E-state index contributed by atoms with van der Waals surface area (Å²) in [7, 11) is 0. The third-order valence-electron chi connectivity index (χ3n) is 5.00. The number of nitrogens with one attached hydrogen (secondary N) is 1. The zero-order valence-corrected chi connectivity index (χ0v) is 15.1. The van der Waals surface area contributed by atoms with E-state index in [-0.39, 0.29) is 11.9 Å². The molecule has 27 heavy (non-hydrogen) atoms. The van der Waals surface area contributed by atoms with E-state index >= 15 is 0 Å². The Balaban J connectivity index is 1.55. The van der Waals surface area contributed by atoms with Crippen LogP contribution in [0.25, 0.3) is 10.8 Å². The summed E-state index contributed by atoms with van der Waals surface area (Å²) in [6, 6.07) is 22.5. The maximum Gasteiger partial charge on any atom is 0.322 e. The van der Waals surface area contributed by atoms with E-state index in [4.69, 9.17) is 0 Å². The second kappa shape index (κ2) is 7.11. The molecule has 0 saturated carbocycles. The molecular formula is C22H21N3O2. The largest absolute Gasteiger partial charge is 0.322 e. The number of urea groups is 1. The second-order valence-electron chi connectivity index (χ2n) is 6.65. The van der Waals surface area contributed by atoms with Crippen LogP contribution >= 0.6 is 0 Å². The van der Waals surface area contributed by atoms with E-state index in [0.29, 0.717) is 13.1 Å². The van der Waals surface area contributed by atoms with Crippen LogP contribution in [-0.2, 0) is 4.79 Å². The van der Waals surface area contributed by atoms with E-state index in [9.17, 15) is 9.59 Å². The number of piperazine rings is 1. The van der Waals surface area contributed by atoms with E-state index in [1.807, 2.05) is 72.8 Å². The van der Waals surface area contributed by atoms with Gasteiger partial charge < -0.3 is 15.1 Å². The predicted molar refractivity (Wildman–Crippen MR) is 108 cm³/mol. The van der Waals surface area contributed by atoms with E-state index in [2.05, 4.69) is 5.32 Å². The number of anilines is 2. The minimum Gasteiger partial charge on any atom is -0.311 e. The summed E-state index contributed by atoms with van der Waals surface area (Å²) in [6.07, 6.45) is 0. The summed E-state index contributed by atoms with van der Waals surface area (Å²) in [6.45, 7) is 2.73. The van der Waals surface area contributed by atoms with Crippen molar-refractivity contribution in [3.8, 4) is 0 Å². The minimum absolute atomic E-state index is 0.0687. The van der Waals surface area contributed by atoms with Crippen molar-refractivity contribution in [3.63, 3.8) is 0 Å². The Morgan fingerprint density at radius 1 is 0.926 bits per heavy atom. The van der Waals surface area contributed by atoms with Gasteiger partial charge in [-0.1, -0.05) is 54.6 Å². The fraction of sp³-hybridized carbons (Fsp3) is 0.182. The van der Waals surface area contributed by atoms with Crippen LogP contribution in [0.15, 0.2) is 72.8 Å². The van der Waals surface area contributed by atoms with Gasteiger partial charge >= 0.3 is 6.03 Å². The zero-order chi connectivity index (χ0) is 18.8. The Morgan fingerprint density at radius 2 is 1.63 bits per heavy atom. The lowest BCUT2D eigenvalue weighted by Gasteiger charge is -2.39. The summed E-state index contributed by atoms with van der Waals surface area (Å²) >= 11 is 0. The van der Waals surface area contributed by atoms with Gasteiger partial charge in [0.1, 0.15) is 6.04 Å². The molecule has 4 rings (SSSR count). The number of fused-ring (bicyclic) bond motifs is 1. The van der Waals surface area contributed by atoms with Gasteiger partial charge in [0, 0.05) is 24.2 Å². The number of amides is 3. The number of para-hydroxylation sites is 1. The number of rotatable bonds is 2. The van der Waals surface area contributed by atoms with Crippen LogP contribution < -0.4 is 10.2 Å². The molecule has 3 aromatic carbocycles. The molecule has 0 aliphatic carbocycles. The van der Waals surface area contributed by atoms with Gasteiger partial charge in [0.05, 0.1) is 5.69 Å². The fourth-order valence-corrected chi connectivity index (χ4v) is 3.55. The molecule has 1 heterocycles. The molecule has 5 heteroatoms. The van der Waals surface area contributed by atoms with Crippen molar-refractivity contribution < 1.29 is 9.59 Å². The molecule has 1 aliphatic rings. The molecule has 136 valence electrons. The molecule has 0 spiro atoms. The van der Waals surface area contributed by atoms with E-state index in [1.54, 1.807) is 16.7 Å². The van der Waals surface area contributed by atoms with Gasteiger partial charge in [0.25, 0.3) is 0 Å². The van der Waals surface area contributed by atoms with E-state index in [0.717, 1.165) is 22.1 Å². The van der Waals surface area contributed by atoms with Gasteiger partial charge in [-0.2, -0.15) is 0 Å². The van der Waals surface area contributed by atoms with Crippen LogP contribution in [0.4, 0.5) is 16.2 Å². The Morgan fingerprint density at radius 3 is 2.44 bits per heavy atom. The Kier molecular flexibility index (Phi) is 4.50. The number of carbonyl (C=O) groups excluding carboxylic acids is 2. The van der Waals surface area contributed by atoms with Gasteiger partial charge in [0.15, 0.2) is 0 Å². The fourth-order valence-electron chi connectivity index (χ4n) is 3.55. The maximum absolute atomic E-state index is 13.0. The third kappa shape index (κ3) is 3.24. The smallest absolute Gasteiger partial charge is 0.311 e. The molecule has 1 aliphatic heterocycles. The Bertz CT molecular complexity index is 982. The van der Waals surface area contributed by atoms with Crippen molar-refractivity contribution in [2.75, 3.05) is 23.3 Å². The monoisotopic (exact) mass is 359 g/mol. The number of benzene rings is 3. The Hall–Kier alpha value is -3.34. The highest BCUT2D eigenvalue weighted by atomic mass is 16.2. The first kappa shape index (κ1) is 17.1. The molecule has 0 bridgehead atoms. The third-order valence-corrected chi connectivity index (χ3v) is 5.00. The molecule has 0 radical (unpaired) electrons. The van der Waals surface area contributed by atoms with Crippen LogP contribution in [0.5, 0.6) is 0 Å². The zero-order valence-electron chi connectivity index (χ0n) is 15.1. The van der Waals surface area contributed by atoms with Crippen molar-refractivity contribution in [1.29, 1.82) is 0 Å². The highest BCUT2D eigenvalue weighted by molar-refractivity contribution is 6.07. The Labute approximate surface area is 158 Å². The van der Waals surface area contributed by atoms with Gasteiger partial charge in [0.2, 0.25) is 5.91 Å². The first-order valence-electron chi connectivity index (χ1n) is 9.07. The van der Waals surface area contributed by atoms with Crippen LogP contribution in [0, 0.1) is 0 Å². The maximum atomic E-state index is 13.0. The first-order valence-corrected chi connectivity index (χ1v) is 9.07. The summed E-state index contributed by atoms with van der Waals surface area (Å²) < 4.78 is 0. The standard InChI is InChI=1S/C22H21N3O2/c1-16-21(26)25(20-13-7-9-17-8-5-6-12-19(17)20)15-14-24(16)22(27)23-18-10-3-2-4-11-18/h2-13,16H,14-15H2,1H3,(H,23,27)/t16-/m0/s1. The van der Waals surface area contributed by atoms with Crippen LogP contribution in [0.2, 0.25) is 0 Å². The molecule has 1 atom stereocenters. The summed E-state index contributed by atoms with van der Waals surface area (Å²) in [5, 5.41) is 5.00. The molecule has 5 nitrogen and oxygen atoms in total. The summed E-state index contributed by atoms with van der Waals surface area (Å²) in [5.41, 5.74) is 1.62. The molecule has 1 fully saturated rings. The lowest BCUT2D eigenvalue weighted by molar-refractivity contribution is -0.123. The second-order valence-corrected chi connectivity index (χ2v) is 6.65. The molecule has 0 aromatic heterocycles. The quantitative estimate of drug-likeness (QED) is 0.749. The summed E-state index contributed by atoms with van der Waals surface area (Å²) in [5.74, 6) is -0.0687. The normalized spacial score (nSPS) is 17.2. The van der Waals surface area contributed by atoms with Crippen molar-refractivity contribution >= 4 is 34.1 Å². The van der Waals surface area contributed by atoms with Crippen LogP contribution in [0.3, 0.4) is 0 Å². The lowest BCUT2D eigenvalue weighted by atomic mass is 10.1. The molecule has 3 amide bonds. The van der Waals surface area contributed by atoms with Gasteiger partial charge in [-0.25, -0.2) is 4.79 Å². The lowest BCUT2D eigenvalue weighted by Crippen LogP contribution is -2.58. The SMILES string of the molecule is C[C@H]1C(=O)N(c2cccc3ccccc23)CCN1C(=O)Nc1ccccc1. The van der Waals surface area contributed by atoms with Crippen molar-refractivity contribution in [1.82, 2.24) is 4.90 Å². The number of hydrogen-bond acceptors (Lipinski definition) is 2. The number of carbonyl (C=O) groups is 2. The minimum atomic E-state index is -0.526. The highest BCUT2D eigenvalue weighted by Crippen LogP contribution is 2.29. The van der Waals surface area contributed by atoms with Crippen LogP contribution in [0.1, 0.15) is 6.92 Å². The molecule has 1 N–H and O–H groups in total. The predicted octanol–water partition coefficient (Wildman–Crippen LogP) is 4.11. The van der Waals surface area contributed by atoms with Gasteiger partial charge in [-0.3, -0.25) is 4.79 Å². The van der Waals surface area contributed by atoms with Gasteiger partial charge in [-0.05, 0) is 30.5 Å². The number of nitrogens with zero attached hydrogens (tertiary/aromatic N) is 2. The summed E-state index contributed by atoms with van der Waals surface area (Å²) in [4.78, 5) is 29.0. The van der Waals surface area contributed by atoms with Crippen molar-refractivity contribution in [2.45, 2.75) is 13.0 Å². The number of hydrogen-bond donors (Lipinski definition) is 1. The molecule has 1 saturated heterocycles. The van der Waals surface area contributed by atoms with Crippen molar-refractivity contribution in [2.24, 2.45) is 0 Å². The molecule has 3 aromatic rings. The average molecular weight is 359 g/mol. The highest BCUT2D eigenvalue weighted by Gasteiger charge is 2.35.